The van der Waals surface area contributed by atoms with Crippen LogP contribution in [0.25, 0.3) is 0 Å². The first-order valence-corrected chi connectivity index (χ1v) is 6.21. The fourth-order valence-electron chi connectivity index (χ4n) is 1.73. The van der Waals surface area contributed by atoms with Gasteiger partial charge in [-0.05, 0) is 31.5 Å². The summed E-state index contributed by atoms with van der Waals surface area (Å²) < 4.78 is 13.0. The number of carbonyl (C=O) groups is 1. The van der Waals surface area contributed by atoms with Gasteiger partial charge in [-0.3, -0.25) is 9.89 Å². The van der Waals surface area contributed by atoms with Crippen molar-refractivity contribution >= 4 is 5.91 Å². The molecule has 0 fully saturated rings. The van der Waals surface area contributed by atoms with E-state index in [9.17, 15) is 14.3 Å². The monoisotopic (exact) mass is 278 g/mol. The zero-order chi connectivity index (χ0) is 14.5. The first kappa shape index (κ1) is 14.0. The first-order valence-electron chi connectivity index (χ1n) is 6.21. The molecule has 0 bridgehead atoms. The van der Waals surface area contributed by atoms with E-state index in [2.05, 4.69) is 20.5 Å². The van der Waals surface area contributed by atoms with E-state index in [0.717, 1.165) is 24.0 Å². The van der Waals surface area contributed by atoms with Crippen molar-refractivity contribution < 1.29 is 14.3 Å². The number of aromatic nitrogens is 3. The fourth-order valence-corrected chi connectivity index (χ4v) is 1.73. The standard InChI is InChI=1S/C13H15FN4O2/c1-8-16-12(18-17-8)3-2-6-15-13(20)10-7-9(14)4-5-11(10)19/h4-5,7,19H,2-3,6H2,1H3,(H,15,20)(H,16,17,18). The molecule has 1 amide bonds. The van der Waals surface area contributed by atoms with Crippen LogP contribution in [0.2, 0.25) is 0 Å². The number of rotatable bonds is 5. The molecule has 2 aromatic rings. The van der Waals surface area contributed by atoms with Crippen molar-refractivity contribution in [1.29, 1.82) is 0 Å². The number of aryl methyl sites for hydroxylation is 2. The van der Waals surface area contributed by atoms with Crippen LogP contribution in [-0.4, -0.2) is 32.7 Å². The van der Waals surface area contributed by atoms with Gasteiger partial charge < -0.3 is 10.4 Å². The van der Waals surface area contributed by atoms with Gasteiger partial charge in [-0.1, -0.05) is 0 Å². The molecule has 7 heteroatoms. The van der Waals surface area contributed by atoms with Crippen LogP contribution in [0.5, 0.6) is 5.75 Å². The Morgan fingerprint density at radius 3 is 3.00 bits per heavy atom. The number of benzene rings is 1. The molecular formula is C13H15FN4O2. The summed E-state index contributed by atoms with van der Waals surface area (Å²) in [5, 5.41) is 18.8. The van der Waals surface area contributed by atoms with Gasteiger partial charge in [0, 0.05) is 13.0 Å². The van der Waals surface area contributed by atoms with E-state index >= 15 is 0 Å². The van der Waals surface area contributed by atoms with E-state index in [1.165, 1.54) is 0 Å². The average Bonchev–Trinajstić information content (AvgIpc) is 2.83. The number of H-pyrrole nitrogens is 1. The molecule has 1 aromatic carbocycles. The number of phenols is 1. The van der Waals surface area contributed by atoms with E-state index in [1.807, 2.05) is 6.92 Å². The summed E-state index contributed by atoms with van der Waals surface area (Å²) in [5.41, 5.74) is -0.0706. The molecule has 0 aliphatic heterocycles. The molecule has 20 heavy (non-hydrogen) atoms. The number of phenolic OH excluding ortho intramolecular Hbond substituents is 1. The Kier molecular flexibility index (Phi) is 4.29. The van der Waals surface area contributed by atoms with Crippen molar-refractivity contribution in [3.8, 4) is 5.75 Å². The lowest BCUT2D eigenvalue weighted by Gasteiger charge is -2.06. The highest BCUT2D eigenvalue weighted by atomic mass is 19.1. The Bertz CT molecular complexity index is 612. The zero-order valence-electron chi connectivity index (χ0n) is 11.0. The van der Waals surface area contributed by atoms with Crippen LogP contribution < -0.4 is 5.32 Å². The van der Waals surface area contributed by atoms with Crippen LogP contribution in [-0.2, 0) is 6.42 Å². The van der Waals surface area contributed by atoms with Crippen molar-refractivity contribution in [2.24, 2.45) is 0 Å². The summed E-state index contributed by atoms with van der Waals surface area (Å²) in [6.45, 7) is 2.20. The maximum absolute atomic E-state index is 13.0. The summed E-state index contributed by atoms with van der Waals surface area (Å²) in [6, 6.07) is 3.25. The third-order valence-electron chi connectivity index (χ3n) is 2.71. The third kappa shape index (κ3) is 3.53. The second-order valence-electron chi connectivity index (χ2n) is 4.36. The van der Waals surface area contributed by atoms with E-state index in [4.69, 9.17) is 0 Å². The van der Waals surface area contributed by atoms with Gasteiger partial charge in [0.15, 0.2) is 5.82 Å². The fraction of sp³-hybridized carbons (Fsp3) is 0.308. The number of halogens is 1. The van der Waals surface area contributed by atoms with Gasteiger partial charge in [-0.25, -0.2) is 9.37 Å². The van der Waals surface area contributed by atoms with Crippen molar-refractivity contribution in [3.05, 3.63) is 41.2 Å². The average molecular weight is 278 g/mol. The summed E-state index contributed by atoms with van der Waals surface area (Å²) in [6.07, 6.45) is 1.28. The normalized spacial score (nSPS) is 10.5. The lowest BCUT2D eigenvalue weighted by Crippen LogP contribution is -2.25. The van der Waals surface area contributed by atoms with Crippen LogP contribution in [0.3, 0.4) is 0 Å². The molecule has 0 saturated carbocycles. The predicted octanol–water partition coefficient (Wildman–Crippen LogP) is 1.32. The van der Waals surface area contributed by atoms with Gasteiger partial charge in [0.05, 0.1) is 5.56 Å². The second kappa shape index (κ2) is 6.14. The quantitative estimate of drug-likeness (QED) is 0.719. The molecule has 0 radical (unpaired) electrons. The van der Waals surface area contributed by atoms with E-state index < -0.39 is 11.7 Å². The van der Waals surface area contributed by atoms with Gasteiger partial charge in [-0.2, -0.15) is 5.10 Å². The molecular weight excluding hydrogens is 263 g/mol. The largest absolute Gasteiger partial charge is 0.507 e. The van der Waals surface area contributed by atoms with Crippen LogP contribution in [0.15, 0.2) is 18.2 Å². The molecule has 0 unspecified atom stereocenters. The van der Waals surface area contributed by atoms with Gasteiger partial charge in [-0.15, -0.1) is 0 Å². The summed E-state index contributed by atoms with van der Waals surface area (Å²) in [7, 11) is 0. The molecule has 1 heterocycles. The number of hydrogen-bond acceptors (Lipinski definition) is 4. The molecule has 0 atom stereocenters. The zero-order valence-corrected chi connectivity index (χ0v) is 11.0. The van der Waals surface area contributed by atoms with Crippen molar-refractivity contribution in [2.75, 3.05) is 6.54 Å². The van der Waals surface area contributed by atoms with Crippen molar-refractivity contribution in [1.82, 2.24) is 20.5 Å². The van der Waals surface area contributed by atoms with Gasteiger partial charge in [0.2, 0.25) is 0 Å². The minimum absolute atomic E-state index is 0.0706. The number of nitrogens with one attached hydrogen (secondary N) is 2. The van der Waals surface area contributed by atoms with Crippen LogP contribution >= 0.6 is 0 Å². The number of amides is 1. The van der Waals surface area contributed by atoms with Gasteiger partial charge >= 0.3 is 0 Å². The van der Waals surface area contributed by atoms with Crippen molar-refractivity contribution in [3.63, 3.8) is 0 Å². The smallest absolute Gasteiger partial charge is 0.255 e. The number of carbonyl (C=O) groups excluding carboxylic acids is 1. The minimum Gasteiger partial charge on any atom is -0.507 e. The van der Waals surface area contributed by atoms with E-state index in [1.54, 1.807) is 0 Å². The second-order valence-corrected chi connectivity index (χ2v) is 4.36. The summed E-state index contributed by atoms with van der Waals surface area (Å²) >= 11 is 0. The highest BCUT2D eigenvalue weighted by Gasteiger charge is 2.11. The highest BCUT2D eigenvalue weighted by molar-refractivity contribution is 5.96. The summed E-state index contributed by atoms with van der Waals surface area (Å²) in [4.78, 5) is 15.9. The molecule has 6 nitrogen and oxygen atoms in total. The lowest BCUT2D eigenvalue weighted by atomic mass is 10.2. The molecule has 106 valence electrons. The number of aromatic hydroxyl groups is 1. The number of hydrogen-bond donors (Lipinski definition) is 3. The Hall–Kier alpha value is -2.44. The van der Waals surface area contributed by atoms with Gasteiger partial charge in [0.1, 0.15) is 17.4 Å². The maximum Gasteiger partial charge on any atom is 0.255 e. The number of aromatic amines is 1. The SMILES string of the molecule is Cc1nc(CCCNC(=O)c2cc(F)ccc2O)n[nH]1. The third-order valence-corrected chi connectivity index (χ3v) is 2.71. The molecule has 0 spiro atoms. The molecule has 0 aliphatic carbocycles. The Labute approximate surface area is 115 Å². The highest BCUT2D eigenvalue weighted by Crippen LogP contribution is 2.17. The van der Waals surface area contributed by atoms with E-state index in [0.29, 0.717) is 25.2 Å². The maximum atomic E-state index is 13.0. The molecule has 0 aliphatic rings. The minimum atomic E-state index is -0.566. The predicted molar refractivity (Wildman–Crippen MR) is 69.8 cm³/mol. The molecule has 0 saturated heterocycles. The molecule has 2 rings (SSSR count). The van der Waals surface area contributed by atoms with Crippen LogP contribution in [0, 0.1) is 12.7 Å². The summed E-state index contributed by atoms with van der Waals surface area (Å²) in [5.74, 6) is 0.116. The lowest BCUT2D eigenvalue weighted by molar-refractivity contribution is 0.0950. The molecule has 3 N–H and O–H groups in total. The van der Waals surface area contributed by atoms with Crippen LogP contribution in [0.1, 0.15) is 28.4 Å². The number of nitrogens with zero attached hydrogens (tertiary/aromatic N) is 2. The topological polar surface area (TPSA) is 90.9 Å². The van der Waals surface area contributed by atoms with E-state index in [-0.39, 0.29) is 11.3 Å². The first-order chi connectivity index (χ1) is 9.56. The van der Waals surface area contributed by atoms with Crippen LogP contribution in [0.4, 0.5) is 4.39 Å². The Morgan fingerprint density at radius 1 is 1.50 bits per heavy atom. The van der Waals surface area contributed by atoms with Crippen molar-refractivity contribution in [2.45, 2.75) is 19.8 Å². The Morgan fingerprint density at radius 2 is 2.30 bits per heavy atom. The molecule has 1 aromatic heterocycles. The van der Waals surface area contributed by atoms with Gasteiger partial charge in [0.25, 0.3) is 5.91 Å². The Balaban J connectivity index is 1.82.